The topological polar surface area (TPSA) is 44.5 Å². The maximum atomic E-state index is 12.0. The van der Waals surface area contributed by atoms with Crippen molar-refractivity contribution >= 4 is 23.4 Å². The second-order valence-electron chi connectivity index (χ2n) is 4.64. The molecule has 112 valence electrons. The van der Waals surface area contributed by atoms with Crippen molar-refractivity contribution in [3.8, 4) is 0 Å². The molecule has 0 aromatic carbocycles. The SMILES string of the molecule is CN(C)C(=O)c1cc(C(=O)N(C)C)c[n+](CCCl)c1.[Cl-]. The van der Waals surface area contributed by atoms with Gasteiger partial charge >= 0.3 is 0 Å². The van der Waals surface area contributed by atoms with Gasteiger partial charge in [0.2, 0.25) is 0 Å². The van der Waals surface area contributed by atoms with Crippen LogP contribution in [0.1, 0.15) is 20.7 Å². The number of hydrogen-bond acceptors (Lipinski definition) is 2. The van der Waals surface area contributed by atoms with Gasteiger partial charge in [-0.15, -0.1) is 11.6 Å². The Bertz CT molecular complexity index is 452. The van der Waals surface area contributed by atoms with E-state index in [0.717, 1.165) is 0 Å². The highest BCUT2D eigenvalue weighted by Gasteiger charge is 2.19. The summed E-state index contributed by atoms with van der Waals surface area (Å²) >= 11 is 5.71. The van der Waals surface area contributed by atoms with Crippen molar-refractivity contribution < 1.29 is 26.6 Å². The molecule has 1 aromatic rings. The summed E-state index contributed by atoms with van der Waals surface area (Å²) in [4.78, 5) is 27.0. The first kappa shape index (κ1) is 18.7. The molecule has 5 nitrogen and oxygen atoms in total. The van der Waals surface area contributed by atoms with E-state index in [1.807, 2.05) is 0 Å². The molecule has 0 bridgehead atoms. The molecule has 7 heteroatoms. The highest BCUT2D eigenvalue weighted by atomic mass is 35.5. The van der Waals surface area contributed by atoms with Gasteiger partial charge < -0.3 is 22.2 Å². The highest BCUT2D eigenvalue weighted by molar-refractivity contribution is 6.17. The maximum Gasteiger partial charge on any atom is 0.259 e. The molecule has 0 fully saturated rings. The van der Waals surface area contributed by atoms with Crippen molar-refractivity contribution in [1.82, 2.24) is 9.80 Å². The van der Waals surface area contributed by atoms with Gasteiger partial charge in [-0.3, -0.25) is 9.59 Å². The second-order valence-corrected chi connectivity index (χ2v) is 5.02. The largest absolute Gasteiger partial charge is 1.00 e. The Hall–Kier alpha value is -1.33. The summed E-state index contributed by atoms with van der Waals surface area (Å²) in [5.41, 5.74) is 0.950. The lowest BCUT2D eigenvalue weighted by Gasteiger charge is -2.12. The number of hydrogen-bond donors (Lipinski definition) is 0. The van der Waals surface area contributed by atoms with Gasteiger partial charge in [-0.1, -0.05) is 0 Å². The number of carbonyl (C=O) groups is 2. The Balaban J connectivity index is 0.00000361. The minimum absolute atomic E-state index is 0. The number of pyridine rings is 1. The molecule has 1 aromatic heterocycles. The summed E-state index contributed by atoms with van der Waals surface area (Å²) < 4.78 is 1.76. The predicted octanol–water partition coefficient (Wildman–Crippen LogP) is -2.38. The fourth-order valence-corrected chi connectivity index (χ4v) is 1.81. The van der Waals surface area contributed by atoms with Crippen LogP contribution >= 0.6 is 11.6 Å². The lowest BCUT2D eigenvalue weighted by atomic mass is 10.1. The number of rotatable bonds is 4. The average Bonchev–Trinajstić information content (AvgIpc) is 2.36. The zero-order valence-electron chi connectivity index (χ0n) is 12.1. The molecular weight excluding hydrogens is 301 g/mol. The third-order valence-electron chi connectivity index (χ3n) is 2.57. The van der Waals surface area contributed by atoms with Gasteiger partial charge in [0.25, 0.3) is 11.8 Å². The van der Waals surface area contributed by atoms with Crippen LogP contribution in [0.15, 0.2) is 18.5 Å². The van der Waals surface area contributed by atoms with Gasteiger partial charge in [-0.05, 0) is 6.07 Å². The summed E-state index contributed by atoms with van der Waals surface area (Å²) in [5.74, 6) is 0.133. The summed E-state index contributed by atoms with van der Waals surface area (Å²) in [6.07, 6.45) is 3.41. The number of carbonyl (C=O) groups excluding carboxylic acids is 2. The molecule has 0 aliphatic rings. The predicted molar refractivity (Wildman–Crippen MR) is 73.4 cm³/mol. The fraction of sp³-hybridized carbons (Fsp3) is 0.462. The Morgan fingerprint density at radius 3 is 1.75 bits per heavy atom. The molecule has 0 atom stereocenters. The summed E-state index contributed by atoms with van der Waals surface area (Å²) in [5, 5.41) is 0. The smallest absolute Gasteiger partial charge is 0.259 e. The van der Waals surface area contributed by atoms with E-state index in [1.54, 1.807) is 51.2 Å². The van der Waals surface area contributed by atoms with Crippen molar-refractivity contribution in [2.24, 2.45) is 0 Å². The molecule has 0 aliphatic heterocycles. The summed E-state index contributed by atoms with van der Waals surface area (Å²) in [6.45, 7) is 0.545. The monoisotopic (exact) mass is 319 g/mol. The van der Waals surface area contributed by atoms with Crippen LogP contribution in [0.2, 0.25) is 0 Å². The van der Waals surface area contributed by atoms with Crippen molar-refractivity contribution in [3.05, 3.63) is 29.6 Å². The Labute approximate surface area is 130 Å². The quantitative estimate of drug-likeness (QED) is 0.459. The van der Waals surface area contributed by atoms with E-state index in [9.17, 15) is 9.59 Å². The van der Waals surface area contributed by atoms with Crippen molar-refractivity contribution in [1.29, 1.82) is 0 Å². The van der Waals surface area contributed by atoms with Crippen LogP contribution in [0, 0.1) is 0 Å². The number of nitrogens with zero attached hydrogens (tertiary/aromatic N) is 3. The number of aryl methyl sites for hydroxylation is 1. The Morgan fingerprint density at radius 2 is 1.45 bits per heavy atom. The van der Waals surface area contributed by atoms with Gasteiger partial charge in [0.15, 0.2) is 18.9 Å². The first-order valence-electron chi connectivity index (χ1n) is 5.90. The maximum absolute atomic E-state index is 12.0. The molecule has 0 aliphatic carbocycles. The minimum Gasteiger partial charge on any atom is -1.00 e. The molecule has 20 heavy (non-hydrogen) atoms. The van der Waals surface area contributed by atoms with Gasteiger partial charge in [-0.2, -0.15) is 0 Å². The number of aromatic nitrogens is 1. The second kappa shape index (κ2) is 8.07. The lowest BCUT2D eigenvalue weighted by molar-refractivity contribution is -0.692. The minimum atomic E-state index is -0.142. The molecule has 1 rings (SSSR count). The molecule has 0 saturated carbocycles. The van der Waals surface area contributed by atoms with E-state index in [4.69, 9.17) is 11.6 Å². The van der Waals surface area contributed by atoms with Crippen LogP contribution in [-0.4, -0.2) is 55.7 Å². The third-order valence-corrected chi connectivity index (χ3v) is 2.74. The van der Waals surface area contributed by atoms with Crippen molar-refractivity contribution in [2.45, 2.75) is 6.54 Å². The van der Waals surface area contributed by atoms with Crippen LogP contribution in [0.4, 0.5) is 0 Å². The van der Waals surface area contributed by atoms with Crippen LogP contribution in [0.3, 0.4) is 0 Å². The molecule has 0 spiro atoms. The van der Waals surface area contributed by atoms with Crippen molar-refractivity contribution in [2.75, 3.05) is 34.1 Å². The molecule has 0 N–H and O–H groups in total. The summed E-state index contributed by atoms with van der Waals surface area (Å²) in [6, 6.07) is 1.61. The molecule has 0 unspecified atom stereocenters. The normalized spacial score (nSPS) is 9.65. The molecule has 0 radical (unpaired) electrons. The molecule has 0 saturated heterocycles. The zero-order chi connectivity index (χ0) is 14.6. The first-order valence-corrected chi connectivity index (χ1v) is 6.43. The Kier molecular flexibility index (Phi) is 7.53. The van der Waals surface area contributed by atoms with Gasteiger partial charge in [-0.25, -0.2) is 4.57 Å². The van der Waals surface area contributed by atoms with E-state index in [2.05, 4.69) is 0 Å². The van der Waals surface area contributed by atoms with Crippen LogP contribution in [-0.2, 0) is 6.54 Å². The van der Waals surface area contributed by atoms with Gasteiger partial charge in [0.1, 0.15) is 11.1 Å². The van der Waals surface area contributed by atoms with Gasteiger partial charge in [0, 0.05) is 28.2 Å². The standard InChI is InChI=1S/C13H19ClN3O2.ClH/c1-15(2)12(18)10-7-11(13(19)16(3)4)9-17(8-10)6-5-14;/h7-9H,5-6H2,1-4H3;1H/q+1;/p-1. The Morgan fingerprint density at radius 1 is 1.05 bits per heavy atom. The molecular formula is C13H19Cl2N3O2. The fourth-order valence-electron chi connectivity index (χ4n) is 1.61. The van der Waals surface area contributed by atoms with E-state index in [1.165, 1.54) is 9.80 Å². The molecule has 1 heterocycles. The lowest BCUT2D eigenvalue weighted by Crippen LogP contribution is -3.00. The van der Waals surface area contributed by atoms with E-state index >= 15 is 0 Å². The zero-order valence-corrected chi connectivity index (χ0v) is 13.6. The third kappa shape index (κ3) is 4.65. The number of halogens is 2. The van der Waals surface area contributed by atoms with E-state index in [0.29, 0.717) is 23.6 Å². The van der Waals surface area contributed by atoms with E-state index < -0.39 is 0 Å². The summed E-state index contributed by atoms with van der Waals surface area (Å²) in [7, 11) is 6.70. The van der Waals surface area contributed by atoms with E-state index in [-0.39, 0.29) is 24.2 Å². The highest BCUT2D eigenvalue weighted by Crippen LogP contribution is 2.06. The number of amides is 2. The first-order chi connectivity index (χ1) is 8.86. The average molecular weight is 320 g/mol. The van der Waals surface area contributed by atoms with Crippen LogP contribution in [0.5, 0.6) is 0 Å². The van der Waals surface area contributed by atoms with Crippen molar-refractivity contribution in [3.63, 3.8) is 0 Å². The van der Waals surface area contributed by atoms with Crippen LogP contribution in [0.25, 0.3) is 0 Å². The van der Waals surface area contributed by atoms with Crippen LogP contribution < -0.4 is 17.0 Å². The van der Waals surface area contributed by atoms with Gasteiger partial charge in [0.05, 0.1) is 5.88 Å². The number of alkyl halides is 1. The molecule has 2 amide bonds.